The number of ether oxygens (including phenoxy) is 1. The van der Waals surface area contributed by atoms with Gasteiger partial charge in [0.1, 0.15) is 6.10 Å². The molecule has 0 bridgehead atoms. The molecule has 1 atom stereocenters. The first kappa shape index (κ1) is 14.1. The Balaban J connectivity index is 1.57. The number of cyclic esters (lactones) is 1. The molecule has 3 rings (SSSR count). The summed E-state index contributed by atoms with van der Waals surface area (Å²) in [4.78, 5) is 25.4. The third-order valence-corrected chi connectivity index (χ3v) is 3.47. The molecule has 0 radical (unpaired) electrons. The van der Waals surface area contributed by atoms with E-state index in [9.17, 15) is 9.59 Å². The highest BCUT2D eigenvalue weighted by molar-refractivity contribution is 5.94. The fourth-order valence-corrected chi connectivity index (χ4v) is 2.34. The zero-order valence-electron chi connectivity index (χ0n) is 11.9. The maximum atomic E-state index is 12.0. The Morgan fingerprint density at radius 1 is 1.09 bits per heavy atom. The first-order valence-electron chi connectivity index (χ1n) is 7.10. The average Bonchev–Trinajstić information content (AvgIpc) is 2.95. The van der Waals surface area contributed by atoms with Crippen LogP contribution in [0.2, 0.25) is 0 Å². The van der Waals surface area contributed by atoms with E-state index in [0.29, 0.717) is 18.7 Å². The minimum atomic E-state index is -0.384. The molecule has 2 aromatic rings. The SMILES string of the molecule is O=C(NCC1CN(c2ccccc2)C(=O)O1)c1ccccc1. The molecule has 0 spiro atoms. The van der Waals surface area contributed by atoms with Crippen molar-refractivity contribution >= 4 is 17.7 Å². The van der Waals surface area contributed by atoms with Gasteiger partial charge in [0.15, 0.2) is 0 Å². The van der Waals surface area contributed by atoms with Crippen molar-refractivity contribution in [1.29, 1.82) is 0 Å². The van der Waals surface area contributed by atoms with Crippen molar-refractivity contribution < 1.29 is 14.3 Å². The van der Waals surface area contributed by atoms with Crippen LogP contribution < -0.4 is 10.2 Å². The number of amides is 2. The third-order valence-electron chi connectivity index (χ3n) is 3.47. The molecule has 1 aliphatic rings. The quantitative estimate of drug-likeness (QED) is 0.942. The molecule has 1 aliphatic heterocycles. The second-order valence-corrected chi connectivity index (χ2v) is 5.03. The fraction of sp³-hybridized carbons (Fsp3) is 0.176. The largest absolute Gasteiger partial charge is 0.442 e. The predicted octanol–water partition coefficient (Wildman–Crippen LogP) is 2.44. The number of benzene rings is 2. The van der Waals surface area contributed by atoms with Gasteiger partial charge in [-0.05, 0) is 24.3 Å². The van der Waals surface area contributed by atoms with E-state index in [-0.39, 0.29) is 18.1 Å². The Labute approximate surface area is 128 Å². The van der Waals surface area contributed by atoms with Gasteiger partial charge in [0.25, 0.3) is 5.91 Å². The number of anilines is 1. The predicted molar refractivity (Wildman–Crippen MR) is 82.8 cm³/mol. The van der Waals surface area contributed by atoms with Crippen molar-refractivity contribution in [3.8, 4) is 0 Å². The molecule has 0 aliphatic carbocycles. The lowest BCUT2D eigenvalue weighted by atomic mass is 10.2. The highest BCUT2D eigenvalue weighted by atomic mass is 16.6. The van der Waals surface area contributed by atoms with Gasteiger partial charge in [-0.2, -0.15) is 0 Å². The van der Waals surface area contributed by atoms with Crippen LogP contribution in [0, 0.1) is 0 Å². The minimum Gasteiger partial charge on any atom is -0.442 e. The normalized spacial score (nSPS) is 17.2. The summed E-state index contributed by atoms with van der Waals surface area (Å²) in [5.74, 6) is -0.171. The van der Waals surface area contributed by atoms with Gasteiger partial charge in [-0.1, -0.05) is 36.4 Å². The number of rotatable bonds is 4. The Morgan fingerprint density at radius 2 is 1.73 bits per heavy atom. The van der Waals surface area contributed by atoms with Gasteiger partial charge in [0.05, 0.1) is 13.1 Å². The number of nitrogens with zero attached hydrogens (tertiary/aromatic N) is 1. The second-order valence-electron chi connectivity index (χ2n) is 5.03. The zero-order chi connectivity index (χ0) is 15.4. The van der Waals surface area contributed by atoms with Crippen molar-refractivity contribution in [3.63, 3.8) is 0 Å². The summed E-state index contributed by atoms with van der Waals surface area (Å²) in [6.07, 6.45) is -0.731. The zero-order valence-corrected chi connectivity index (χ0v) is 11.9. The van der Waals surface area contributed by atoms with Crippen molar-refractivity contribution in [1.82, 2.24) is 5.32 Å². The molecule has 0 aromatic heterocycles. The molecule has 22 heavy (non-hydrogen) atoms. The van der Waals surface area contributed by atoms with Crippen molar-refractivity contribution in [2.45, 2.75) is 6.10 Å². The van der Waals surface area contributed by atoms with Crippen molar-refractivity contribution in [3.05, 3.63) is 66.2 Å². The Kier molecular flexibility index (Phi) is 4.05. The summed E-state index contributed by atoms with van der Waals surface area (Å²) in [7, 11) is 0. The average molecular weight is 296 g/mol. The lowest BCUT2D eigenvalue weighted by Crippen LogP contribution is -2.34. The van der Waals surface area contributed by atoms with Crippen LogP contribution in [0.25, 0.3) is 0 Å². The van der Waals surface area contributed by atoms with Gasteiger partial charge in [0.2, 0.25) is 0 Å². The number of para-hydroxylation sites is 1. The van der Waals surface area contributed by atoms with Gasteiger partial charge >= 0.3 is 6.09 Å². The summed E-state index contributed by atoms with van der Waals surface area (Å²) in [5, 5.41) is 2.79. The lowest BCUT2D eigenvalue weighted by Gasteiger charge is -2.12. The van der Waals surface area contributed by atoms with Gasteiger partial charge in [0, 0.05) is 11.3 Å². The van der Waals surface area contributed by atoms with Gasteiger partial charge < -0.3 is 10.1 Å². The van der Waals surface area contributed by atoms with Gasteiger partial charge in [-0.3, -0.25) is 9.69 Å². The first-order valence-corrected chi connectivity index (χ1v) is 7.10. The van der Waals surface area contributed by atoms with E-state index in [2.05, 4.69) is 5.32 Å². The van der Waals surface area contributed by atoms with Crippen LogP contribution in [0.1, 0.15) is 10.4 Å². The van der Waals surface area contributed by atoms with Crippen LogP contribution >= 0.6 is 0 Å². The fourth-order valence-electron chi connectivity index (χ4n) is 2.34. The molecular weight excluding hydrogens is 280 g/mol. The molecule has 2 amide bonds. The molecule has 5 heteroatoms. The van der Waals surface area contributed by atoms with Crippen LogP contribution in [0.4, 0.5) is 10.5 Å². The molecular formula is C17H16N2O3. The van der Waals surface area contributed by atoms with Crippen LogP contribution in [-0.2, 0) is 4.74 Å². The number of hydrogen-bond donors (Lipinski definition) is 1. The molecule has 1 unspecified atom stereocenters. The molecule has 1 fully saturated rings. The minimum absolute atomic E-state index is 0.171. The number of carbonyl (C=O) groups is 2. The highest BCUT2D eigenvalue weighted by Crippen LogP contribution is 2.20. The van der Waals surface area contributed by atoms with Crippen molar-refractivity contribution in [2.24, 2.45) is 0 Å². The smallest absolute Gasteiger partial charge is 0.414 e. The maximum absolute atomic E-state index is 12.0. The lowest BCUT2D eigenvalue weighted by molar-refractivity contribution is 0.0916. The van der Waals surface area contributed by atoms with E-state index in [1.54, 1.807) is 17.0 Å². The standard InChI is InChI=1S/C17H16N2O3/c20-16(13-7-3-1-4-8-13)18-11-15-12-19(17(21)22-15)14-9-5-2-6-10-14/h1-10,15H,11-12H2,(H,18,20). The summed E-state index contributed by atoms with van der Waals surface area (Å²) >= 11 is 0. The van der Waals surface area contributed by atoms with Crippen LogP contribution in [0.5, 0.6) is 0 Å². The molecule has 112 valence electrons. The Hall–Kier alpha value is -2.82. The molecule has 2 aromatic carbocycles. The monoisotopic (exact) mass is 296 g/mol. The van der Waals surface area contributed by atoms with Crippen LogP contribution in [0.15, 0.2) is 60.7 Å². The van der Waals surface area contributed by atoms with Crippen LogP contribution in [-0.4, -0.2) is 31.2 Å². The van der Waals surface area contributed by atoms with Gasteiger partial charge in [-0.15, -0.1) is 0 Å². The van der Waals surface area contributed by atoms with Crippen LogP contribution in [0.3, 0.4) is 0 Å². The summed E-state index contributed by atoms with van der Waals surface area (Å²) in [6, 6.07) is 18.3. The van der Waals surface area contributed by atoms with E-state index in [0.717, 1.165) is 5.69 Å². The Morgan fingerprint density at radius 3 is 2.41 bits per heavy atom. The molecule has 0 saturated carbocycles. The topological polar surface area (TPSA) is 58.6 Å². The summed E-state index contributed by atoms with van der Waals surface area (Å²) in [6.45, 7) is 0.723. The third kappa shape index (κ3) is 3.09. The highest BCUT2D eigenvalue weighted by Gasteiger charge is 2.32. The maximum Gasteiger partial charge on any atom is 0.414 e. The first-order chi connectivity index (χ1) is 10.7. The number of nitrogens with one attached hydrogen (secondary N) is 1. The molecule has 1 saturated heterocycles. The van der Waals surface area contributed by atoms with E-state index >= 15 is 0 Å². The molecule has 5 nitrogen and oxygen atoms in total. The van der Waals surface area contributed by atoms with E-state index in [4.69, 9.17) is 4.74 Å². The van der Waals surface area contributed by atoms with E-state index in [1.807, 2.05) is 48.5 Å². The van der Waals surface area contributed by atoms with E-state index < -0.39 is 0 Å². The number of hydrogen-bond acceptors (Lipinski definition) is 3. The number of carbonyl (C=O) groups excluding carboxylic acids is 2. The van der Waals surface area contributed by atoms with Gasteiger partial charge in [-0.25, -0.2) is 4.79 Å². The van der Waals surface area contributed by atoms with E-state index in [1.165, 1.54) is 0 Å². The Bertz CT molecular complexity index is 658. The van der Waals surface area contributed by atoms with Crippen molar-refractivity contribution in [2.75, 3.05) is 18.0 Å². The summed E-state index contributed by atoms with van der Waals surface area (Å²) in [5.41, 5.74) is 1.39. The second kappa shape index (κ2) is 6.30. The molecule has 1 N–H and O–H groups in total. The molecule has 1 heterocycles. The summed E-state index contributed by atoms with van der Waals surface area (Å²) < 4.78 is 5.29.